The number of hydrogen-bond donors (Lipinski definition) is 1. The van der Waals surface area contributed by atoms with Gasteiger partial charge in [-0.1, -0.05) is 13.8 Å². The number of benzene rings is 1. The summed E-state index contributed by atoms with van der Waals surface area (Å²) in [5.41, 5.74) is 2.08. The first-order valence-corrected chi connectivity index (χ1v) is 10.0. The molecule has 0 aliphatic rings. The highest BCUT2D eigenvalue weighted by Crippen LogP contribution is 2.22. The summed E-state index contributed by atoms with van der Waals surface area (Å²) >= 11 is 0. The van der Waals surface area contributed by atoms with Crippen molar-refractivity contribution in [1.82, 2.24) is 13.9 Å². The fourth-order valence-corrected chi connectivity index (χ4v) is 4.46. The molecule has 2 heterocycles. The summed E-state index contributed by atoms with van der Waals surface area (Å²) in [5.74, 6) is 0.139. The largest absolute Gasteiger partial charge is 0.441 e. The molecule has 2 aromatic heterocycles. The van der Waals surface area contributed by atoms with E-state index in [1.165, 1.54) is 21.1 Å². The number of hydrogen-bond acceptors (Lipinski definition) is 5. The molecule has 1 N–H and O–H groups in total. The van der Waals surface area contributed by atoms with Gasteiger partial charge in [-0.3, -0.25) is 4.79 Å². The van der Waals surface area contributed by atoms with Crippen LogP contribution < -0.4 is 5.32 Å². The zero-order valence-corrected chi connectivity index (χ0v) is 16.5. The highest BCUT2D eigenvalue weighted by Gasteiger charge is 2.25. The maximum absolute atomic E-state index is 12.7. The summed E-state index contributed by atoms with van der Waals surface area (Å²) in [6, 6.07) is 6.54. The number of anilines is 1. The van der Waals surface area contributed by atoms with Crippen LogP contribution in [0.2, 0.25) is 0 Å². The number of amides is 1. The Hall–Kier alpha value is -2.65. The van der Waals surface area contributed by atoms with Gasteiger partial charge in [-0.15, -0.1) is 0 Å². The second-order valence-electron chi connectivity index (χ2n) is 6.13. The number of nitrogens with one attached hydrogen (secondary N) is 1. The Morgan fingerprint density at radius 2 is 1.96 bits per heavy atom. The Bertz CT molecular complexity index is 1090. The zero-order chi connectivity index (χ0) is 19.8. The van der Waals surface area contributed by atoms with Crippen molar-refractivity contribution in [2.24, 2.45) is 7.05 Å². The van der Waals surface area contributed by atoms with E-state index in [1.807, 2.05) is 0 Å². The molecule has 1 amide bonds. The lowest BCUT2D eigenvalue weighted by atomic mass is 10.2. The average molecular weight is 390 g/mol. The Balaban J connectivity index is 1.87. The number of fused-ring (bicyclic) bond motifs is 1. The summed E-state index contributed by atoms with van der Waals surface area (Å²) in [6.07, 6.45) is 1.45. The smallest absolute Gasteiger partial charge is 0.272 e. The number of aromatic nitrogens is 2. The van der Waals surface area contributed by atoms with Crippen molar-refractivity contribution in [3.8, 4) is 0 Å². The number of rotatable bonds is 6. The van der Waals surface area contributed by atoms with Crippen LogP contribution in [-0.2, 0) is 17.1 Å². The van der Waals surface area contributed by atoms with Gasteiger partial charge in [0, 0.05) is 38.9 Å². The van der Waals surface area contributed by atoms with Crippen LogP contribution in [0.1, 0.15) is 30.2 Å². The molecule has 3 rings (SSSR count). The maximum Gasteiger partial charge on any atom is 0.272 e. The zero-order valence-electron chi connectivity index (χ0n) is 15.7. The Morgan fingerprint density at radius 3 is 2.63 bits per heavy atom. The summed E-state index contributed by atoms with van der Waals surface area (Å²) in [4.78, 5) is 17.0. The van der Waals surface area contributed by atoms with Gasteiger partial charge < -0.3 is 14.3 Å². The lowest BCUT2D eigenvalue weighted by Gasteiger charge is -2.17. The molecule has 0 aliphatic carbocycles. The van der Waals surface area contributed by atoms with E-state index in [9.17, 15) is 13.2 Å². The van der Waals surface area contributed by atoms with E-state index in [0.717, 1.165) is 0 Å². The number of sulfonamides is 1. The van der Waals surface area contributed by atoms with E-state index in [2.05, 4.69) is 10.3 Å². The number of oxazole rings is 1. The molecule has 0 saturated carbocycles. The first-order valence-electron chi connectivity index (χ1n) is 8.61. The van der Waals surface area contributed by atoms with Crippen LogP contribution >= 0.6 is 0 Å². The van der Waals surface area contributed by atoms with Gasteiger partial charge in [-0.05, 0) is 24.3 Å². The number of carbonyl (C=O) groups is 1. The van der Waals surface area contributed by atoms with Gasteiger partial charge in [0.15, 0.2) is 11.5 Å². The molecule has 8 nitrogen and oxygen atoms in total. The van der Waals surface area contributed by atoms with Crippen LogP contribution in [0.3, 0.4) is 0 Å². The molecule has 0 aliphatic heterocycles. The molecule has 0 bridgehead atoms. The van der Waals surface area contributed by atoms with E-state index in [0.29, 0.717) is 35.8 Å². The van der Waals surface area contributed by atoms with Crippen molar-refractivity contribution in [2.45, 2.75) is 25.7 Å². The van der Waals surface area contributed by atoms with E-state index < -0.39 is 15.9 Å². The van der Waals surface area contributed by atoms with Crippen LogP contribution in [0.5, 0.6) is 0 Å². The molecular formula is C18H22N4O4S. The van der Waals surface area contributed by atoms with Crippen LogP contribution in [0.25, 0.3) is 11.1 Å². The van der Waals surface area contributed by atoms with E-state index in [-0.39, 0.29) is 10.6 Å². The molecular weight excluding hydrogens is 368 g/mol. The highest BCUT2D eigenvalue weighted by molar-refractivity contribution is 7.89. The Morgan fingerprint density at radius 1 is 1.26 bits per heavy atom. The summed E-state index contributed by atoms with van der Waals surface area (Å²) < 4.78 is 33.6. The van der Waals surface area contributed by atoms with Crippen molar-refractivity contribution in [1.29, 1.82) is 0 Å². The van der Waals surface area contributed by atoms with Crippen LogP contribution in [0.4, 0.5) is 5.69 Å². The third-order valence-corrected chi connectivity index (χ3v) is 6.32. The standard InChI is InChI=1S/C18H22N4O4S/c1-5-22(6-2)27(24,25)14-10-16(21(4)11-14)18(23)20-13-7-8-17-15(9-13)19-12(3)26-17/h7-11H,5-6H2,1-4H3,(H,20,23). The van der Waals surface area contributed by atoms with Gasteiger partial charge in [-0.2, -0.15) is 4.31 Å². The SMILES string of the molecule is CCN(CC)S(=O)(=O)c1cc(C(=O)Nc2ccc3oc(C)nc3c2)n(C)c1. The monoisotopic (exact) mass is 390 g/mol. The summed E-state index contributed by atoms with van der Waals surface area (Å²) in [6.45, 7) is 6.04. The Labute approximate surface area is 157 Å². The van der Waals surface area contributed by atoms with Crippen molar-refractivity contribution in [3.63, 3.8) is 0 Å². The van der Waals surface area contributed by atoms with E-state index in [4.69, 9.17) is 4.42 Å². The van der Waals surface area contributed by atoms with Crippen LogP contribution in [0, 0.1) is 6.92 Å². The number of carbonyl (C=O) groups excluding carboxylic acids is 1. The van der Waals surface area contributed by atoms with Crippen LogP contribution in [-0.4, -0.2) is 41.3 Å². The fourth-order valence-electron chi connectivity index (χ4n) is 2.93. The van der Waals surface area contributed by atoms with Gasteiger partial charge >= 0.3 is 0 Å². The summed E-state index contributed by atoms with van der Waals surface area (Å²) in [5, 5.41) is 2.77. The van der Waals surface area contributed by atoms with Gasteiger partial charge in [0.25, 0.3) is 5.91 Å². The second kappa shape index (κ2) is 7.16. The minimum atomic E-state index is -3.63. The minimum Gasteiger partial charge on any atom is -0.441 e. The van der Waals surface area contributed by atoms with Gasteiger partial charge in [0.1, 0.15) is 16.1 Å². The van der Waals surface area contributed by atoms with E-state index in [1.54, 1.807) is 46.0 Å². The lowest BCUT2D eigenvalue weighted by Crippen LogP contribution is -2.30. The molecule has 3 aromatic rings. The van der Waals surface area contributed by atoms with Gasteiger partial charge in [-0.25, -0.2) is 13.4 Å². The molecule has 27 heavy (non-hydrogen) atoms. The molecule has 0 saturated heterocycles. The topological polar surface area (TPSA) is 97.4 Å². The van der Waals surface area contributed by atoms with Crippen LogP contribution in [0.15, 0.2) is 39.8 Å². The Kier molecular flexibility index (Phi) is 5.07. The van der Waals surface area contributed by atoms with Crippen molar-refractivity contribution in [2.75, 3.05) is 18.4 Å². The van der Waals surface area contributed by atoms with Gasteiger partial charge in [0.2, 0.25) is 10.0 Å². The normalized spacial score (nSPS) is 12.0. The highest BCUT2D eigenvalue weighted by atomic mass is 32.2. The average Bonchev–Trinajstić information content (AvgIpc) is 3.17. The number of aryl methyl sites for hydroxylation is 2. The van der Waals surface area contributed by atoms with Crippen molar-refractivity contribution < 1.29 is 17.6 Å². The molecule has 9 heteroatoms. The fraction of sp³-hybridized carbons (Fsp3) is 0.333. The second-order valence-corrected chi connectivity index (χ2v) is 8.07. The molecule has 1 aromatic carbocycles. The molecule has 0 radical (unpaired) electrons. The number of nitrogens with zero attached hydrogens (tertiary/aromatic N) is 3. The van der Waals surface area contributed by atoms with Gasteiger partial charge in [0.05, 0.1) is 0 Å². The molecule has 144 valence electrons. The lowest BCUT2D eigenvalue weighted by molar-refractivity contribution is 0.101. The minimum absolute atomic E-state index is 0.0985. The third kappa shape index (κ3) is 3.60. The molecule has 0 unspecified atom stereocenters. The van der Waals surface area contributed by atoms with Crippen molar-refractivity contribution in [3.05, 3.63) is 42.0 Å². The first kappa shape index (κ1) is 19.1. The molecule has 0 spiro atoms. The quantitative estimate of drug-likeness (QED) is 0.698. The predicted molar refractivity (Wildman–Crippen MR) is 102 cm³/mol. The first-order chi connectivity index (χ1) is 12.8. The third-order valence-electron chi connectivity index (χ3n) is 4.31. The molecule has 0 fully saturated rings. The maximum atomic E-state index is 12.7. The van der Waals surface area contributed by atoms with Crippen molar-refractivity contribution >= 4 is 32.7 Å². The predicted octanol–water partition coefficient (Wildman–Crippen LogP) is 2.76. The summed E-state index contributed by atoms with van der Waals surface area (Å²) in [7, 11) is -1.99. The van der Waals surface area contributed by atoms with E-state index >= 15 is 0 Å². The molecule has 0 atom stereocenters.